The Morgan fingerprint density at radius 2 is 2.07 bits per heavy atom. The summed E-state index contributed by atoms with van der Waals surface area (Å²) in [5.41, 5.74) is -1.71. The van der Waals surface area contributed by atoms with E-state index in [4.69, 9.17) is 12.2 Å². The van der Waals surface area contributed by atoms with Crippen molar-refractivity contribution in [2.45, 2.75) is 25.0 Å². The highest BCUT2D eigenvalue weighted by molar-refractivity contribution is 8.22. The number of halogens is 2. The van der Waals surface area contributed by atoms with E-state index < -0.39 is 17.2 Å². The number of benzene rings is 1. The minimum atomic E-state index is -1.67. The highest BCUT2D eigenvalue weighted by Gasteiger charge is 2.34. The summed E-state index contributed by atoms with van der Waals surface area (Å²) >= 11 is 6.60. The average molecular weight is 412 g/mol. The number of ketones is 1. The van der Waals surface area contributed by atoms with Gasteiger partial charge in [0.05, 0.1) is 6.54 Å². The van der Waals surface area contributed by atoms with Crippen LogP contribution in [0.25, 0.3) is 0 Å². The molecule has 1 aromatic heterocycles. The highest BCUT2D eigenvalue weighted by atomic mass is 32.2. The third-order valence-corrected chi connectivity index (χ3v) is 6.08. The predicted molar refractivity (Wildman–Crippen MR) is 101 cm³/mol. The molecule has 27 heavy (non-hydrogen) atoms. The Morgan fingerprint density at radius 3 is 2.70 bits per heavy atom. The van der Waals surface area contributed by atoms with Crippen LogP contribution in [-0.4, -0.2) is 53.7 Å². The molecule has 10 heteroatoms. The van der Waals surface area contributed by atoms with Crippen molar-refractivity contribution in [1.82, 2.24) is 19.7 Å². The standard InChI is InChI=1S/C17H18F2N4O2S2/c18-12-1-2-14(15(19)7-12)17(25,8-23-11-20-10-21-23)9-27-16(26)22-5-3-13(24)4-6-22/h1-2,7,10-11,25H,3-6,8-9H2. The molecule has 1 N–H and O–H groups in total. The molecule has 2 aromatic rings. The van der Waals surface area contributed by atoms with Crippen LogP contribution in [-0.2, 0) is 16.9 Å². The number of hydrogen-bond donors (Lipinski definition) is 1. The first-order valence-electron chi connectivity index (χ1n) is 8.31. The lowest BCUT2D eigenvalue weighted by Crippen LogP contribution is -2.39. The second-order valence-electron chi connectivity index (χ2n) is 6.33. The van der Waals surface area contributed by atoms with Gasteiger partial charge in [0.15, 0.2) is 0 Å². The molecule has 1 unspecified atom stereocenters. The lowest BCUT2D eigenvalue weighted by atomic mass is 9.95. The molecule has 0 amide bonds. The maximum absolute atomic E-state index is 14.4. The largest absolute Gasteiger partial charge is 0.382 e. The van der Waals surface area contributed by atoms with Gasteiger partial charge in [0.25, 0.3) is 0 Å². The van der Waals surface area contributed by atoms with Crippen LogP contribution in [0.4, 0.5) is 8.78 Å². The molecule has 1 atom stereocenters. The Bertz CT molecular complexity index is 824. The predicted octanol–water partition coefficient (Wildman–Crippen LogP) is 2.13. The van der Waals surface area contributed by atoms with Crippen molar-refractivity contribution in [3.8, 4) is 0 Å². The van der Waals surface area contributed by atoms with E-state index in [9.17, 15) is 18.7 Å². The molecule has 0 bridgehead atoms. The summed E-state index contributed by atoms with van der Waals surface area (Å²) in [4.78, 5) is 17.1. The fourth-order valence-electron chi connectivity index (χ4n) is 2.87. The second kappa shape index (κ2) is 8.41. The SMILES string of the molecule is O=C1CCN(C(=S)SCC(O)(Cn2cncn2)c2ccc(F)cc2F)CC1. The molecule has 1 aromatic carbocycles. The number of piperidine rings is 1. The van der Waals surface area contributed by atoms with Crippen LogP contribution >= 0.6 is 24.0 Å². The molecule has 0 radical (unpaired) electrons. The summed E-state index contributed by atoms with van der Waals surface area (Å²) < 4.78 is 29.6. The Balaban J connectivity index is 1.77. The number of likely N-dealkylation sites (tertiary alicyclic amines) is 1. The van der Waals surface area contributed by atoms with Crippen molar-refractivity contribution in [3.05, 3.63) is 48.1 Å². The van der Waals surface area contributed by atoms with Crippen molar-refractivity contribution in [3.63, 3.8) is 0 Å². The van der Waals surface area contributed by atoms with Crippen LogP contribution in [0.2, 0.25) is 0 Å². The molecule has 2 heterocycles. The fourth-order valence-corrected chi connectivity index (χ4v) is 4.20. The van der Waals surface area contributed by atoms with Crippen molar-refractivity contribution < 1.29 is 18.7 Å². The number of rotatable bonds is 5. The second-order valence-corrected chi connectivity index (χ2v) is 7.94. The van der Waals surface area contributed by atoms with Crippen LogP contribution in [0.15, 0.2) is 30.9 Å². The van der Waals surface area contributed by atoms with Crippen LogP contribution in [0, 0.1) is 11.6 Å². The molecule has 0 aliphatic carbocycles. The van der Waals surface area contributed by atoms with Gasteiger partial charge >= 0.3 is 0 Å². The number of carbonyl (C=O) groups excluding carboxylic acids is 1. The number of nitrogens with zero attached hydrogens (tertiary/aromatic N) is 4. The van der Waals surface area contributed by atoms with E-state index in [0.717, 1.165) is 12.1 Å². The Kier molecular flexibility index (Phi) is 6.18. The molecular formula is C17H18F2N4O2S2. The van der Waals surface area contributed by atoms with Crippen molar-refractivity contribution in [2.24, 2.45) is 0 Å². The first-order chi connectivity index (χ1) is 12.9. The number of aliphatic hydroxyl groups is 1. The minimum Gasteiger partial charge on any atom is -0.382 e. The van der Waals surface area contributed by atoms with E-state index in [-0.39, 0.29) is 23.6 Å². The van der Waals surface area contributed by atoms with Crippen molar-refractivity contribution >= 4 is 34.1 Å². The van der Waals surface area contributed by atoms with Gasteiger partial charge in [-0.3, -0.25) is 4.79 Å². The molecule has 3 rings (SSSR count). The number of aromatic nitrogens is 3. The van der Waals surface area contributed by atoms with Gasteiger partial charge in [-0.25, -0.2) is 18.4 Å². The molecule has 1 aliphatic heterocycles. The molecular weight excluding hydrogens is 394 g/mol. The number of thiocarbonyl (C=S) groups is 1. The highest BCUT2D eigenvalue weighted by Crippen LogP contribution is 2.31. The smallest absolute Gasteiger partial charge is 0.137 e. The van der Waals surface area contributed by atoms with E-state index in [1.807, 2.05) is 4.90 Å². The van der Waals surface area contributed by atoms with Crippen LogP contribution in [0.5, 0.6) is 0 Å². The Labute approximate surface area is 164 Å². The van der Waals surface area contributed by atoms with E-state index in [2.05, 4.69) is 10.1 Å². The zero-order chi connectivity index (χ0) is 19.4. The molecule has 1 fully saturated rings. The van der Waals surface area contributed by atoms with Gasteiger partial charge < -0.3 is 10.0 Å². The molecule has 1 aliphatic rings. The number of hydrogen-bond acceptors (Lipinski definition) is 6. The van der Waals surface area contributed by atoms with Gasteiger partial charge in [0.2, 0.25) is 0 Å². The van der Waals surface area contributed by atoms with Crippen molar-refractivity contribution in [2.75, 3.05) is 18.8 Å². The van der Waals surface area contributed by atoms with Gasteiger partial charge in [-0.05, 0) is 6.07 Å². The van der Waals surface area contributed by atoms with Crippen LogP contribution < -0.4 is 0 Å². The van der Waals surface area contributed by atoms with Crippen molar-refractivity contribution in [1.29, 1.82) is 0 Å². The van der Waals surface area contributed by atoms with E-state index in [1.54, 1.807) is 0 Å². The van der Waals surface area contributed by atoms with Gasteiger partial charge in [0.1, 0.15) is 40.0 Å². The quantitative estimate of drug-likeness (QED) is 0.755. The maximum Gasteiger partial charge on any atom is 0.137 e. The van der Waals surface area contributed by atoms with Gasteiger partial charge in [-0.15, -0.1) is 0 Å². The van der Waals surface area contributed by atoms with E-state index >= 15 is 0 Å². The average Bonchev–Trinajstić information content (AvgIpc) is 3.13. The lowest BCUT2D eigenvalue weighted by Gasteiger charge is -2.32. The summed E-state index contributed by atoms with van der Waals surface area (Å²) in [6, 6.07) is 3.07. The molecule has 0 saturated carbocycles. The first-order valence-corrected chi connectivity index (χ1v) is 9.70. The van der Waals surface area contributed by atoms with Gasteiger partial charge in [-0.2, -0.15) is 5.10 Å². The molecule has 144 valence electrons. The normalized spacial score (nSPS) is 17.0. The maximum atomic E-state index is 14.4. The summed E-state index contributed by atoms with van der Waals surface area (Å²) in [7, 11) is 0. The molecule has 0 spiro atoms. The number of thioether (sulfide) groups is 1. The molecule has 6 nitrogen and oxygen atoms in total. The third kappa shape index (κ3) is 4.88. The monoisotopic (exact) mass is 412 g/mol. The fraction of sp³-hybridized carbons (Fsp3) is 0.412. The van der Waals surface area contributed by atoms with E-state index in [1.165, 1.54) is 35.2 Å². The van der Waals surface area contributed by atoms with Gasteiger partial charge in [-0.1, -0.05) is 30.0 Å². The van der Waals surface area contributed by atoms with Crippen LogP contribution in [0.3, 0.4) is 0 Å². The number of carbonyl (C=O) groups is 1. The lowest BCUT2D eigenvalue weighted by molar-refractivity contribution is -0.120. The Morgan fingerprint density at radius 1 is 1.33 bits per heavy atom. The summed E-state index contributed by atoms with van der Waals surface area (Å²) in [6.07, 6.45) is 3.60. The minimum absolute atomic E-state index is 0.0384. The summed E-state index contributed by atoms with van der Waals surface area (Å²) in [5.74, 6) is -1.32. The van der Waals surface area contributed by atoms with Gasteiger partial charge in [0, 0.05) is 43.3 Å². The summed E-state index contributed by atoms with van der Waals surface area (Å²) in [5, 5.41) is 15.2. The topological polar surface area (TPSA) is 71.2 Å². The zero-order valence-electron chi connectivity index (χ0n) is 14.3. The third-order valence-electron chi connectivity index (χ3n) is 4.34. The van der Waals surface area contributed by atoms with Crippen LogP contribution in [0.1, 0.15) is 18.4 Å². The Hall–Kier alpha value is -1.91. The zero-order valence-corrected chi connectivity index (χ0v) is 16.0. The number of Topliss-reactive ketones (excluding diaryl/α,β-unsaturated/α-hetero) is 1. The first kappa shape index (κ1) is 19.8. The molecule has 1 saturated heterocycles. The van der Waals surface area contributed by atoms with E-state index in [0.29, 0.717) is 30.3 Å². The summed E-state index contributed by atoms with van der Waals surface area (Å²) in [6.45, 7) is 1.01.